The molecule has 0 aliphatic rings. The molecular weight excluding hydrogens is 432 g/mol. The summed E-state index contributed by atoms with van der Waals surface area (Å²) in [6.45, 7) is 4.04. The number of pyridine rings is 1. The first-order valence-electron chi connectivity index (χ1n) is 10.8. The molecule has 0 spiro atoms. The van der Waals surface area contributed by atoms with Crippen LogP contribution in [0.4, 0.5) is 11.5 Å². The van der Waals surface area contributed by atoms with Gasteiger partial charge in [0.1, 0.15) is 11.6 Å². The summed E-state index contributed by atoms with van der Waals surface area (Å²) in [6, 6.07) is 16.5. The maximum Gasteiger partial charge on any atom is 0.337 e. The summed E-state index contributed by atoms with van der Waals surface area (Å²) in [4.78, 5) is 16.4. The van der Waals surface area contributed by atoms with Gasteiger partial charge in [0.15, 0.2) is 0 Å². The van der Waals surface area contributed by atoms with Crippen LogP contribution in [0.25, 0.3) is 16.8 Å². The predicted molar refractivity (Wildman–Crippen MR) is 131 cm³/mol. The molecule has 0 saturated heterocycles. The molecule has 174 valence electrons. The Hall–Kier alpha value is -4.33. The molecular formula is C26H26N4O4. The van der Waals surface area contributed by atoms with E-state index in [4.69, 9.17) is 14.6 Å². The minimum absolute atomic E-state index is 0.0914. The highest BCUT2D eigenvalue weighted by atomic mass is 16.5. The number of aromatic nitrogens is 3. The van der Waals surface area contributed by atoms with E-state index >= 15 is 0 Å². The van der Waals surface area contributed by atoms with Crippen LogP contribution in [-0.4, -0.2) is 40.1 Å². The van der Waals surface area contributed by atoms with E-state index in [0.29, 0.717) is 29.6 Å². The van der Waals surface area contributed by atoms with E-state index in [9.17, 15) is 9.90 Å². The van der Waals surface area contributed by atoms with Gasteiger partial charge in [-0.3, -0.25) is 0 Å². The first-order chi connectivity index (χ1) is 16.5. The van der Waals surface area contributed by atoms with Crippen LogP contribution >= 0.6 is 0 Å². The lowest BCUT2D eigenvalue weighted by Gasteiger charge is -2.16. The number of aryl methyl sites for hydroxylation is 2. The Morgan fingerprint density at radius 2 is 1.88 bits per heavy atom. The average Bonchev–Trinajstić information content (AvgIpc) is 3.22. The molecule has 0 saturated carbocycles. The number of anilines is 2. The van der Waals surface area contributed by atoms with Crippen LogP contribution < -0.4 is 14.8 Å². The number of carbonyl (C=O) groups is 1. The second kappa shape index (κ2) is 9.66. The van der Waals surface area contributed by atoms with Crippen LogP contribution in [-0.2, 0) is 6.42 Å². The number of rotatable bonds is 8. The Balaban J connectivity index is 1.96. The van der Waals surface area contributed by atoms with Gasteiger partial charge in [-0.15, -0.1) is 0 Å². The summed E-state index contributed by atoms with van der Waals surface area (Å²) in [7, 11) is 3.07. The first kappa shape index (κ1) is 22.8. The molecule has 2 aromatic carbocycles. The lowest BCUT2D eigenvalue weighted by molar-refractivity contribution is 0.0697. The predicted octanol–water partition coefficient (Wildman–Crippen LogP) is 5.26. The summed E-state index contributed by atoms with van der Waals surface area (Å²) in [5.41, 5.74) is 4.96. The number of methoxy groups -OCH3 is 2. The van der Waals surface area contributed by atoms with Crippen LogP contribution in [0.1, 0.15) is 28.5 Å². The van der Waals surface area contributed by atoms with Gasteiger partial charge in [-0.1, -0.05) is 25.1 Å². The van der Waals surface area contributed by atoms with E-state index < -0.39 is 5.97 Å². The van der Waals surface area contributed by atoms with Crippen molar-refractivity contribution in [2.45, 2.75) is 20.3 Å². The number of hydrogen-bond donors (Lipinski definition) is 2. The fourth-order valence-corrected chi connectivity index (χ4v) is 3.82. The number of aromatic carboxylic acids is 1. The quantitative estimate of drug-likeness (QED) is 0.371. The van der Waals surface area contributed by atoms with E-state index in [1.165, 1.54) is 13.2 Å². The summed E-state index contributed by atoms with van der Waals surface area (Å²) in [5.74, 6) is 0.549. The standard InChI is InChI=1S/C26H26N4O4/c1-5-20-24(17-10-13-23(34-4)27-15-17)25(30(29-20)22-9-7-6-8-16(22)2)28-21-12-11-18(33-3)14-19(21)26(31)32/h6-15,28H,5H2,1-4H3,(H,31,32). The van der Waals surface area contributed by atoms with E-state index in [2.05, 4.69) is 10.3 Å². The van der Waals surface area contributed by atoms with Crippen LogP contribution in [0, 0.1) is 6.92 Å². The van der Waals surface area contributed by atoms with Gasteiger partial charge in [-0.2, -0.15) is 5.10 Å². The highest BCUT2D eigenvalue weighted by Crippen LogP contribution is 2.38. The zero-order valence-corrected chi connectivity index (χ0v) is 19.5. The van der Waals surface area contributed by atoms with Gasteiger partial charge in [0.25, 0.3) is 0 Å². The maximum atomic E-state index is 12.0. The number of carboxylic acid groups (broad SMARTS) is 1. The summed E-state index contributed by atoms with van der Waals surface area (Å²) in [6.07, 6.45) is 2.40. The molecule has 0 fully saturated rings. The van der Waals surface area contributed by atoms with Gasteiger partial charge in [0.05, 0.1) is 36.9 Å². The minimum Gasteiger partial charge on any atom is -0.497 e. The highest BCUT2D eigenvalue weighted by Gasteiger charge is 2.23. The minimum atomic E-state index is -1.06. The van der Waals surface area contributed by atoms with E-state index in [1.54, 1.807) is 31.5 Å². The first-order valence-corrected chi connectivity index (χ1v) is 10.8. The molecule has 0 amide bonds. The lowest BCUT2D eigenvalue weighted by Crippen LogP contribution is -2.08. The van der Waals surface area contributed by atoms with Gasteiger partial charge >= 0.3 is 5.97 Å². The van der Waals surface area contributed by atoms with Crippen molar-refractivity contribution in [3.8, 4) is 28.4 Å². The van der Waals surface area contributed by atoms with E-state index in [-0.39, 0.29) is 5.56 Å². The second-order valence-corrected chi connectivity index (χ2v) is 7.65. The van der Waals surface area contributed by atoms with Crippen molar-refractivity contribution in [1.29, 1.82) is 0 Å². The van der Waals surface area contributed by atoms with Gasteiger partial charge in [-0.05, 0) is 49.2 Å². The Morgan fingerprint density at radius 3 is 2.50 bits per heavy atom. The van der Waals surface area contributed by atoms with Crippen molar-refractivity contribution in [3.05, 3.63) is 77.6 Å². The van der Waals surface area contributed by atoms with Gasteiger partial charge in [-0.25, -0.2) is 14.5 Å². The normalized spacial score (nSPS) is 10.7. The fourth-order valence-electron chi connectivity index (χ4n) is 3.82. The molecule has 0 bridgehead atoms. The third-order valence-electron chi connectivity index (χ3n) is 5.58. The molecule has 2 heterocycles. The molecule has 0 aliphatic heterocycles. The number of carboxylic acids is 1. The van der Waals surface area contributed by atoms with Crippen LogP contribution in [0.5, 0.6) is 11.6 Å². The topological polar surface area (TPSA) is 98.5 Å². The molecule has 34 heavy (non-hydrogen) atoms. The van der Waals surface area contributed by atoms with Crippen LogP contribution in [0.15, 0.2) is 60.8 Å². The van der Waals surface area contributed by atoms with Crippen molar-refractivity contribution >= 4 is 17.5 Å². The number of para-hydroxylation sites is 1. The molecule has 8 nitrogen and oxygen atoms in total. The van der Waals surface area contributed by atoms with Crippen molar-refractivity contribution in [1.82, 2.24) is 14.8 Å². The largest absolute Gasteiger partial charge is 0.497 e. The molecule has 4 aromatic rings. The molecule has 2 N–H and O–H groups in total. The van der Waals surface area contributed by atoms with E-state index in [0.717, 1.165) is 28.1 Å². The van der Waals surface area contributed by atoms with Crippen LogP contribution in [0.3, 0.4) is 0 Å². The van der Waals surface area contributed by atoms with Crippen molar-refractivity contribution in [2.24, 2.45) is 0 Å². The molecule has 2 aromatic heterocycles. The highest BCUT2D eigenvalue weighted by molar-refractivity contribution is 5.96. The molecule has 0 unspecified atom stereocenters. The summed E-state index contributed by atoms with van der Waals surface area (Å²) in [5, 5.41) is 18.1. The zero-order chi connectivity index (χ0) is 24.2. The molecule has 0 atom stereocenters. The molecule has 0 aliphatic carbocycles. The van der Waals surface area contributed by atoms with Gasteiger partial charge in [0.2, 0.25) is 5.88 Å². The van der Waals surface area contributed by atoms with Crippen molar-refractivity contribution < 1.29 is 19.4 Å². The Morgan fingerprint density at radius 1 is 1.09 bits per heavy atom. The number of ether oxygens (including phenoxy) is 2. The van der Waals surface area contributed by atoms with Crippen LogP contribution in [0.2, 0.25) is 0 Å². The molecule has 0 radical (unpaired) electrons. The Labute approximate surface area is 197 Å². The monoisotopic (exact) mass is 458 g/mol. The summed E-state index contributed by atoms with van der Waals surface area (Å²) >= 11 is 0. The SMILES string of the molecule is CCc1nn(-c2ccccc2C)c(Nc2ccc(OC)cc2C(=O)O)c1-c1ccc(OC)nc1. The van der Waals surface area contributed by atoms with Crippen molar-refractivity contribution in [3.63, 3.8) is 0 Å². The second-order valence-electron chi connectivity index (χ2n) is 7.65. The Kier molecular flexibility index (Phi) is 6.49. The number of hydrogen-bond acceptors (Lipinski definition) is 6. The number of benzene rings is 2. The number of nitrogens with one attached hydrogen (secondary N) is 1. The molecule has 8 heteroatoms. The fraction of sp³-hybridized carbons (Fsp3) is 0.192. The average molecular weight is 459 g/mol. The van der Waals surface area contributed by atoms with Crippen molar-refractivity contribution in [2.75, 3.05) is 19.5 Å². The maximum absolute atomic E-state index is 12.0. The smallest absolute Gasteiger partial charge is 0.337 e. The third-order valence-corrected chi connectivity index (χ3v) is 5.58. The Bertz CT molecular complexity index is 1330. The zero-order valence-electron chi connectivity index (χ0n) is 19.5. The number of nitrogens with zero attached hydrogens (tertiary/aromatic N) is 3. The van der Waals surface area contributed by atoms with Gasteiger partial charge < -0.3 is 19.9 Å². The van der Waals surface area contributed by atoms with Gasteiger partial charge in [0, 0.05) is 23.4 Å². The third kappa shape index (κ3) is 4.30. The molecule has 4 rings (SSSR count). The summed E-state index contributed by atoms with van der Waals surface area (Å²) < 4.78 is 12.3. The van der Waals surface area contributed by atoms with E-state index in [1.807, 2.05) is 48.9 Å². The lowest BCUT2D eigenvalue weighted by atomic mass is 10.1.